The summed E-state index contributed by atoms with van der Waals surface area (Å²) < 4.78 is 0. The van der Waals surface area contributed by atoms with Crippen molar-refractivity contribution in [2.75, 3.05) is 6.54 Å². The molecule has 1 unspecified atom stereocenters. The standard InChI is InChI=1S/C12H13NO4S/c14-8-6-10(12(16)17)13(7-8)11(15)4-3-9-2-1-5-18-9/h1-5,8,10,14H,6-7H2,(H,16,17)/b4-3+/t8?,10-/m0/s1. The molecule has 5 nitrogen and oxygen atoms in total. The monoisotopic (exact) mass is 267 g/mol. The molecule has 6 heteroatoms. The van der Waals surface area contributed by atoms with Crippen LogP contribution in [-0.4, -0.2) is 45.7 Å². The number of carbonyl (C=O) groups excluding carboxylic acids is 1. The van der Waals surface area contributed by atoms with Gasteiger partial charge in [0, 0.05) is 23.9 Å². The van der Waals surface area contributed by atoms with Gasteiger partial charge in [0.15, 0.2) is 0 Å². The Morgan fingerprint density at radius 2 is 2.28 bits per heavy atom. The lowest BCUT2D eigenvalue weighted by molar-refractivity contribution is -0.146. The predicted octanol–water partition coefficient (Wildman–Crippen LogP) is 0.808. The number of carboxylic acids is 1. The average molecular weight is 267 g/mol. The summed E-state index contributed by atoms with van der Waals surface area (Å²) in [5.41, 5.74) is 0. The summed E-state index contributed by atoms with van der Waals surface area (Å²) in [6.07, 6.45) is 2.33. The van der Waals surface area contributed by atoms with Gasteiger partial charge < -0.3 is 15.1 Å². The minimum atomic E-state index is -1.08. The highest BCUT2D eigenvalue weighted by Crippen LogP contribution is 2.19. The van der Waals surface area contributed by atoms with Gasteiger partial charge in [-0.1, -0.05) is 6.07 Å². The molecule has 1 fully saturated rings. The average Bonchev–Trinajstić information content (AvgIpc) is 2.94. The second-order valence-electron chi connectivity index (χ2n) is 4.08. The van der Waals surface area contributed by atoms with Crippen molar-refractivity contribution in [1.82, 2.24) is 4.90 Å². The third kappa shape index (κ3) is 2.77. The van der Waals surface area contributed by atoms with Crippen molar-refractivity contribution in [3.05, 3.63) is 28.5 Å². The van der Waals surface area contributed by atoms with Crippen LogP contribution < -0.4 is 0 Å². The lowest BCUT2D eigenvalue weighted by atomic mass is 10.2. The molecule has 1 aliphatic heterocycles. The van der Waals surface area contributed by atoms with Gasteiger partial charge in [-0.3, -0.25) is 4.79 Å². The first-order valence-corrected chi connectivity index (χ1v) is 6.39. The minimum Gasteiger partial charge on any atom is -0.480 e. The number of nitrogens with zero attached hydrogens (tertiary/aromatic N) is 1. The summed E-state index contributed by atoms with van der Waals surface area (Å²) in [5, 5.41) is 20.3. The van der Waals surface area contributed by atoms with Gasteiger partial charge in [0.2, 0.25) is 5.91 Å². The number of hydrogen-bond acceptors (Lipinski definition) is 4. The summed E-state index contributed by atoms with van der Waals surface area (Å²) in [6.45, 7) is 0.0740. The Kier molecular flexibility index (Phi) is 3.78. The van der Waals surface area contributed by atoms with E-state index in [0.29, 0.717) is 0 Å². The fourth-order valence-corrected chi connectivity index (χ4v) is 2.54. The number of aliphatic carboxylic acids is 1. The van der Waals surface area contributed by atoms with E-state index in [9.17, 15) is 14.7 Å². The highest BCUT2D eigenvalue weighted by Gasteiger charge is 2.37. The third-order valence-corrected chi connectivity index (χ3v) is 3.62. The Hall–Kier alpha value is -1.66. The number of aliphatic hydroxyl groups excluding tert-OH is 1. The van der Waals surface area contributed by atoms with Crippen LogP contribution in [0.5, 0.6) is 0 Å². The van der Waals surface area contributed by atoms with E-state index in [-0.39, 0.29) is 18.9 Å². The summed E-state index contributed by atoms with van der Waals surface area (Å²) in [6, 6.07) is 2.80. The smallest absolute Gasteiger partial charge is 0.326 e. The van der Waals surface area contributed by atoms with E-state index in [1.165, 1.54) is 22.3 Å². The van der Waals surface area contributed by atoms with Crippen molar-refractivity contribution in [3.8, 4) is 0 Å². The van der Waals surface area contributed by atoms with Crippen molar-refractivity contribution in [3.63, 3.8) is 0 Å². The van der Waals surface area contributed by atoms with E-state index >= 15 is 0 Å². The van der Waals surface area contributed by atoms with Crippen molar-refractivity contribution in [2.45, 2.75) is 18.6 Å². The summed E-state index contributed by atoms with van der Waals surface area (Å²) in [4.78, 5) is 25.0. The fraction of sp³-hybridized carbons (Fsp3) is 0.333. The van der Waals surface area contributed by atoms with Gasteiger partial charge in [-0.2, -0.15) is 0 Å². The van der Waals surface area contributed by atoms with E-state index in [1.54, 1.807) is 6.08 Å². The highest BCUT2D eigenvalue weighted by atomic mass is 32.1. The van der Waals surface area contributed by atoms with Crippen LogP contribution in [0.2, 0.25) is 0 Å². The van der Waals surface area contributed by atoms with E-state index in [1.807, 2.05) is 17.5 Å². The molecule has 2 rings (SSSR count). The second kappa shape index (κ2) is 5.32. The molecule has 0 aliphatic carbocycles. The number of carboxylic acid groups (broad SMARTS) is 1. The number of β-amino-alcohol motifs (C(OH)–C–C–N with tert-alkyl or cyclic N) is 1. The Labute approximate surface area is 108 Å². The zero-order chi connectivity index (χ0) is 13.1. The maximum Gasteiger partial charge on any atom is 0.326 e. The maximum atomic E-state index is 11.9. The number of amides is 1. The van der Waals surface area contributed by atoms with Gasteiger partial charge in [0.25, 0.3) is 0 Å². The molecule has 0 spiro atoms. The number of aliphatic hydroxyl groups is 1. The van der Waals surface area contributed by atoms with Crippen LogP contribution >= 0.6 is 11.3 Å². The van der Waals surface area contributed by atoms with E-state index in [0.717, 1.165) is 4.88 Å². The van der Waals surface area contributed by atoms with Gasteiger partial charge >= 0.3 is 5.97 Å². The number of rotatable bonds is 3. The molecule has 0 radical (unpaired) electrons. The molecule has 96 valence electrons. The number of carbonyl (C=O) groups is 2. The number of likely N-dealkylation sites (tertiary alicyclic amines) is 1. The first kappa shape index (κ1) is 12.8. The summed E-state index contributed by atoms with van der Waals surface area (Å²) in [7, 11) is 0. The molecule has 1 aromatic rings. The van der Waals surface area contributed by atoms with Crippen molar-refractivity contribution in [1.29, 1.82) is 0 Å². The Morgan fingerprint density at radius 3 is 2.89 bits per heavy atom. The molecule has 2 N–H and O–H groups in total. The van der Waals surface area contributed by atoms with Crippen LogP contribution in [0.4, 0.5) is 0 Å². The minimum absolute atomic E-state index is 0.0740. The molecule has 1 amide bonds. The Morgan fingerprint density at radius 1 is 1.50 bits per heavy atom. The summed E-state index contributed by atoms with van der Waals surface area (Å²) in [5.74, 6) is -1.46. The molecule has 18 heavy (non-hydrogen) atoms. The van der Waals surface area contributed by atoms with Crippen molar-refractivity contribution >= 4 is 29.3 Å². The second-order valence-corrected chi connectivity index (χ2v) is 5.06. The predicted molar refractivity (Wildman–Crippen MR) is 67.1 cm³/mol. The van der Waals surface area contributed by atoms with Crippen LogP contribution in [0.25, 0.3) is 6.08 Å². The highest BCUT2D eigenvalue weighted by molar-refractivity contribution is 7.10. The van der Waals surface area contributed by atoms with Gasteiger partial charge in [0.05, 0.1) is 6.10 Å². The van der Waals surface area contributed by atoms with Gasteiger partial charge in [0.1, 0.15) is 6.04 Å². The van der Waals surface area contributed by atoms with Gasteiger partial charge in [-0.15, -0.1) is 11.3 Å². The molecule has 0 saturated carbocycles. The zero-order valence-corrected chi connectivity index (χ0v) is 10.3. The Balaban J connectivity index is 2.06. The zero-order valence-electron chi connectivity index (χ0n) is 9.52. The normalized spacial score (nSPS) is 23.7. The topological polar surface area (TPSA) is 77.8 Å². The van der Waals surface area contributed by atoms with Crippen molar-refractivity contribution < 1.29 is 19.8 Å². The molecule has 2 heterocycles. The lowest BCUT2D eigenvalue weighted by Crippen LogP contribution is -2.39. The number of thiophene rings is 1. The van der Waals surface area contributed by atoms with Crippen LogP contribution in [0.15, 0.2) is 23.6 Å². The fourth-order valence-electron chi connectivity index (χ4n) is 1.93. The molecule has 1 aromatic heterocycles. The SMILES string of the molecule is O=C(O)[C@@H]1CC(O)CN1C(=O)/C=C/c1cccs1. The van der Waals surface area contributed by atoms with Gasteiger partial charge in [-0.25, -0.2) is 4.79 Å². The summed E-state index contributed by atoms with van der Waals surface area (Å²) >= 11 is 1.49. The van der Waals surface area contributed by atoms with Gasteiger partial charge in [-0.05, 0) is 17.5 Å². The van der Waals surface area contributed by atoms with Crippen molar-refractivity contribution in [2.24, 2.45) is 0 Å². The van der Waals surface area contributed by atoms with Crippen LogP contribution in [0, 0.1) is 0 Å². The molecule has 1 saturated heterocycles. The van der Waals surface area contributed by atoms with Crippen LogP contribution in [0.1, 0.15) is 11.3 Å². The molecule has 0 bridgehead atoms. The quantitative estimate of drug-likeness (QED) is 0.794. The molecule has 1 aliphatic rings. The lowest BCUT2D eigenvalue weighted by Gasteiger charge is -2.19. The van der Waals surface area contributed by atoms with Crippen LogP contribution in [0.3, 0.4) is 0 Å². The molecule has 0 aromatic carbocycles. The Bertz CT molecular complexity index is 468. The first-order valence-electron chi connectivity index (χ1n) is 5.51. The molecular weight excluding hydrogens is 254 g/mol. The first-order chi connectivity index (χ1) is 8.58. The van der Waals surface area contributed by atoms with Crippen LogP contribution in [-0.2, 0) is 9.59 Å². The number of hydrogen-bond donors (Lipinski definition) is 2. The molecule has 2 atom stereocenters. The van der Waals surface area contributed by atoms with E-state index in [2.05, 4.69) is 0 Å². The maximum absolute atomic E-state index is 11.9. The van der Waals surface area contributed by atoms with E-state index < -0.39 is 18.1 Å². The largest absolute Gasteiger partial charge is 0.480 e. The third-order valence-electron chi connectivity index (χ3n) is 2.78. The molecular formula is C12H13NO4S. The van der Waals surface area contributed by atoms with E-state index in [4.69, 9.17) is 5.11 Å².